The molecule has 0 nitrogen and oxygen atoms in total. The molecule has 0 heteroatoms. The molecule has 0 aromatic heterocycles. The van der Waals surface area contributed by atoms with E-state index in [1.807, 2.05) is 26.0 Å². The van der Waals surface area contributed by atoms with Crippen molar-refractivity contribution in [1.82, 2.24) is 0 Å². The van der Waals surface area contributed by atoms with Crippen molar-refractivity contribution in [2.45, 2.75) is 20.3 Å². The lowest BCUT2D eigenvalue weighted by atomic mass is 10.0. The average Bonchev–Trinajstić information content (AvgIpc) is 2.81. The maximum Gasteiger partial charge on any atom is -0.00200 e. The summed E-state index contributed by atoms with van der Waals surface area (Å²) in [5.41, 5.74) is 4.00. The number of allylic oxidation sites excluding steroid dienone is 5. The molecular formula is C15H18. The average molecular weight is 198 g/mol. The summed E-state index contributed by atoms with van der Waals surface area (Å²) in [5.74, 6) is 0. The lowest BCUT2D eigenvalue weighted by Gasteiger charge is -2.01. The van der Waals surface area contributed by atoms with Crippen LogP contribution < -0.4 is 0 Å². The summed E-state index contributed by atoms with van der Waals surface area (Å²) < 4.78 is 0. The van der Waals surface area contributed by atoms with Gasteiger partial charge in [0.1, 0.15) is 0 Å². The molecule has 0 atom stereocenters. The highest BCUT2D eigenvalue weighted by molar-refractivity contribution is 5.73. The quantitative estimate of drug-likeness (QED) is 0.651. The minimum Gasteiger partial charge on any atom is -0.0988 e. The normalized spacial score (nSPS) is 13.5. The predicted octanol–water partition coefficient (Wildman–Crippen LogP) is 4.61. The molecule has 1 aliphatic rings. The predicted molar refractivity (Wildman–Crippen MR) is 68.7 cm³/mol. The topological polar surface area (TPSA) is 0 Å². The van der Waals surface area contributed by atoms with Crippen LogP contribution in [0.15, 0.2) is 60.7 Å². The Labute approximate surface area is 92.6 Å². The van der Waals surface area contributed by atoms with Gasteiger partial charge < -0.3 is 0 Å². The third kappa shape index (κ3) is 2.95. The van der Waals surface area contributed by atoms with Gasteiger partial charge in [0.2, 0.25) is 0 Å². The van der Waals surface area contributed by atoms with Gasteiger partial charge in [-0.15, -0.1) is 0 Å². The van der Waals surface area contributed by atoms with Crippen molar-refractivity contribution in [3.8, 4) is 0 Å². The molecule has 15 heavy (non-hydrogen) atoms. The van der Waals surface area contributed by atoms with E-state index in [0.29, 0.717) is 0 Å². The van der Waals surface area contributed by atoms with Crippen LogP contribution in [0.2, 0.25) is 0 Å². The maximum atomic E-state index is 3.77. The first-order valence-electron chi connectivity index (χ1n) is 5.48. The van der Waals surface area contributed by atoms with Gasteiger partial charge in [-0.1, -0.05) is 69.0 Å². The van der Waals surface area contributed by atoms with Crippen LogP contribution in [-0.4, -0.2) is 0 Å². The van der Waals surface area contributed by atoms with Crippen molar-refractivity contribution < 1.29 is 0 Å². The Hall–Kier alpha value is -1.56. The largest absolute Gasteiger partial charge is 0.0988 e. The van der Waals surface area contributed by atoms with Crippen LogP contribution in [0, 0.1) is 0 Å². The first-order chi connectivity index (χ1) is 7.40. The van der Waals surface area contributed by atoms with Gasteiger partial charge in [-0.2, -0.15) is 0 Å². The van der Waals surface area contributed by atoms with Crippen LogP contribution in [0.4, 0.5) is 0 Å². The molecule has 0 heterocycles. The van der Waals surface area contributed by atoms with Gasteiger partial charge in [-0.25, -0.2) is 0 Å². The second kappa shape index (κ2) is 6.02. The molecule has 0 bridgehead atoms. The summed E-state index contributed by atoms with van der Waals surface area (Å²) >= 11 is 0. The van der Waals surface area contributed by atoms with E-state index in [2.05, 4.69) is 43.0 Å². The Balaban J connectivity index is 0.000000531. The van der Waals surface area contributed by atoms with Gasteiger partial charge in [-0.05, 0) is 23.1 Å². The van der Waals surface area contributed by atoms with Gasteiger partial charge >= 0.3 is 0 Å². The van der Waals surface area contributed by atoms with E-state index in [1.54, 1.807) is 0 Å². The maximum absolute atomic E-state index is 3.77. The van der Waals surface area contributed by atoms with E-state index in [4.69, 9.17) is 0 Å². The molecular weight excluding hydrogens is 180 g/mol. The third-order valence-corrected chi connectivity index (χ3v) is 2.30. The Bertz CT molecular complexity index is 366. The van der Waals surface area contributed by atoms with Crippen molar-refractivity contribution in [3.63, 3.8) is 0 Å². The van der Waals surface area contributed by atoms with Gasteiger partial charge in [0.15, 0.2) is 0 Å². The monoisotopic (exact) mass is 198 g/mol. The Kier molecular flexibility index (Phi) is 4.62. The fourth-order valence-electron chi connectivity index (χ4n) is 1.54. The van der Waals surface area contributed by atoms with E-state index in [-0.39, 0.29) is 0 Å². The highest BCUT2D eigenvalue weighted by atomic mass is 14.1. The molecule has 78 valence electrons. The summed E-state index contributed by atoms with van der Waals surface area (Å²) in [7, 11) is 0. The fraction of sp³-hybridized carbons (Fsp3) is 0.200. The minimum atomic E-state index is 1.02. The molecule has 0 spiro atoms. The summed E-state index contributed by atoms with van der Waals surface area (Å²) in [5, 5.41) is 0. The highest BCUT2D eigenvalue weighted by Crippen LogP contribution is 2.27. The Morgan fingerprint density at radius 1 is 1.07 bits per heavy atom. The van der Waals surface area contributed by atoms with Crippen molar-refractivity contribution in [3.05, 3.63) is 66.3 Å². The standard InChI is InChI=1S/C13H12.C2H6/c1-2-11-8-9-13(10-11)12-6-4-3-5-7-12;1-2/h2-9H,1,10H2;1-2H3. The van der Waals surface area contributed by atoms with E-state index < -0.39 is 0 Å². The summed E-state index contributed by atoms with van der Waals surface area (Å²) in [6.07, 6.45) is 7.25. The molecule has 1 aliphatic carbocycles. The van der Waals surface area contributed by atoms with Crippen LogP contribution in [0.3, 0.4) is 0 Å². The van der Waals surface area contributed by atoms with Crippen molar-refractivity contribution in [2.75, 3.05) is 0 Å². The molecule has 0 saturated carbocycles. The SMILES string of the molecule is C=CC1=CC=C(c2ccccc2)C1.CC. The number of benzene rings is 1. The lowest BCUT2D eigenvalue weighted by Crippen LogP contribution is -1.80. The summed E-state index contributed by atoms with van der Waals surface area (Å²) in [4.78, 5) is 0. The first kappa shape index (κ1) is 11.5. The van der Waals surface area contributed by atoms with E-state index in [0.717, 1.165) is 6.42 Å². The van der Waals surface area contributed by atoms with E-state index >= 15 is 0 Å². The molecule has 0 N–H and O–H groups in total. The van der Waals surface area contributed by atoms with Gasteiger partial charge in [-0.3, -0.25) is 0 Å². The molecule has 0 fully saturated rings. The molecule has 1 aromatic rings. The van der Waals surface area contributed by atoms with Gasteiger partial charge in [0.05, 0.1) is 0 Å². The Morgan fingerprint density at radius 3 is 2.27 bits per heavy atom. The smallest absolute Gasteiger partial charge is 0.00200 e. The van der Waals surface area contributed by atoms with Crippen LogP contribution >= 0.6 is 0 Å². The van der Waals surface area contributed by atoms with Crippen molar-refractivity contribution in [2.24, 2.45) is 0 Å². The second-order valence-corrected chi connectivity index (χ2v) is 3.18. The fourth-order valence-corrected chi connectivity index (χ4v) is 1.54. The molecule has 0 radical (unpaired) electrons. The summed E-state index contributed by atoms with van der Waals surface area (Å²) in [6, 6.07) is 10.5. The molecule has 0 unspecified atom stereocenters. The van der Waals surface area contributed by atoms with Crippen LogP contribution in [0.1, 0.15) is 25.8 Å². The number of rotatable bonds is 2. The van der Waals surface area contributed by atoms with Gasteiger partial charge in [0.25, 0.3) is 0 Å². The minimum absolute atomic E-state index is 1.02. The van der Waals surface area contributed by atoms with Crippen LogP contribution in [-0.2, 0) is 0 Å². The third-order valence-electron chi connectivity index (χ3n) is 2.30. The zero-order valence-corrected chi connectivity index (χ0v) is 9.53. The number of hydrogen-bond donors (Lipinski definition) is 0. The highest BCUT2D eigenvalue weighted by Gasteiger charge is 2.06. The van der Waals surface area contributed by atoms with Crippen molar-refractivity contribution in [1.29, 1.82) is 0 Å². The van der Waals surface area contributed by atoms with Crippen molar-refractivity contribution >= 4 is 5.57 Å². The zero-order valence-electron chi connectivity index (χ0n) is 9.53. The van der Waals surface area contributed by atoms with Gasteiger partial charge in [0, 0.05) is 0 Å². The molecule has 0 saturated heterocycles. The number of hydrogen-bond acceptors (Lipinski definition) is 0. The van der Waals surface area contributed by atoms with E-state index in [1.165, 1.54) is 16.7 Å². The van der Waals surface area contributed by atoms with Crippen LogP contribution in [0.5, 0.6) is 0 Å². The Morgan fingerprint density at radius 2 is 1.73 bits per heavy atom. The molecule has 1 aromatic carbocycles. The molecule has 0 amide bonds. The van der Waals surface area contributed by atoms with E-state index in [9.17, 15) is 0 Å². The lowest BCUT2D eigenvalue weighted by molar-refractivity contribution is 1.34. The zero-order chi connectivity index (χ0) is 11.1. The first-order valence-corrected chi connectivity index (χ1v) is 5.48. The molecule has 0 aliphatic heterocycles. The second-order valence-electron chi connectivity index (χ2n) is 3.18. The summed E-state index contributed by atoms with van der Waals surface area (Å²) in [6.45, 7) is 7.77. The molecule has 2 rings (SSSR count). The van der Waals surface area contributed by atoms with Crippen LogP contribution in [0.25, 0.3) is 5.57 Å².